The first-order valence-corrected chi connectivity index (χ1v) is 8.37. The number of nitrogens with one attached hydrogen (secondary N) is 1. The van der Waals surface area contributed by atoms with Crippen LogP contribution >= 0.6 is 12.2 Å². The molecule has 0 unspecified atom stereocenters. The number of hydrogen-bond donors (Lipinski definition) is 2. The van der Waals surface area contributed by atoms with E-state index in [1.54, 1.807) is 35.2 Å². The maximum Gasteiger partial charge on any atom is 0.216 e. The lowest BCUT2D eigenvalue weighted by Crippen LogP contribution is -2.10. The monoisotopic (exact) mass is 352 g/mol. The number of aromatic amines is 1. The highest BCUT2D eigenvalue weighted by atomic mass is 32.1. The summed E-state index contributed by atoms with van der Waals surface area (Å²) < 4.78 is 2.01. The molecule has 0 bridgehead atoms. The lowest BCUT2D eigenvalue weighted by atomic mass is 9.87. The van der Waals surface area contributed by atoms with Crippen molar-refractivity contribution in [2.75, 3.05) is 0 Å². The maximum atomic E-state index is 9.34. The second-order valence-corrected chi connectivity index (χ2v) is 7.21. The van der Waals surface area contributed by atoms with Gasteiger partial charge in [-0.3, -0.25) is 0 Å². The molecule has 0 aliphatic carbocycles. The Kier molecular flexibility index (Phi) is 4.55. The van der Waals surface area contributed by atoms with Crippen LogP contribution in [0.1, 0.15) is 31.9 Å². The molecule has 2 aromatic carbocycles. The van der Waals surface area contributed by atoms with Gasteiger partial charge in [-0.1, -0.05) is 45.0 Å². The van der Waals surface area contributed by atoms with Crippen molar-refractivity contribution in [3.63, 3.8) is 0 Å². The molecule has 3 rings (SSSR count). The molecule has 0 aliphatic heterocycles. The molecule has 0 amide bonds. The Balaban J connectivity index is 1.94. The van der Waals surface area contributed by atoms with Crippen LogP contribution < -0.4 is 0 Å². The fraction of sp³-hybridized carbons (Fsp3) is 0.211. The van der Waals surface area contributed by atoms with E-state index in [0.29, 0.717) is 10.6 Å². The molecule has 3 aromatic rings. The molecule has 0 saturated heterocycles. The zero-order valence-corrected chi connectivity index (χ0v) is 15.2. The second kappa shape index (κ2) is 6.64. The van der Waals surface area contributed by atoms with E-state index < -0.39 is 0 Å². The molecule has 0 atom stereocenters. The van der Waals surface area contributed by atoms with Crippen LogP contribution in [0.2, 0.25) is 0 Å². The van der Waals surface area contributed by atoms with Crippen LogP contribution in [0.25, 0.3) is 11.4 Å². The quantitative estimate of drug-likeness (QED) is 0.539. The van der Waals surface area contributed by atoms with E-state index in [1.165, 1.54) is 5.56 Å². The minimum atomic E-state index is 0.0975. The summed E-state index contributed by atoms with van der Waals surface area (Å²) in [6.07, 6.45) is 1.68. The number of phenols is 1. The number of aromatic nitrogens is 3. The fourth-order valence-corrected chi connectivity index (χ4v) is 2.57. The van der Waals surface area contributed by atoms with E-state index in [0.717, 1.165) is 11.1 Å². The summed E-state index contributed by atoms with van der Waals surface area (Å²) in [5.41, 5.74) is 3.14. The van der Waals surface area contributed by atoms with Crippen molar-refractivity contribution in [2.24, 2.45) is 5.10 Å². The number of nitrogens with zero attached hydrogens (tertiary/aromatic N) is 3. The average Bonchev–Trinajstić information content (AvgIpc) is 2.94. The molecule has 0 fully saturated rings. The molecule has 0 aliphatic rings. The van der Waals surface area contributed by atoms with Gasteiger partial charge in [0.1, 0.15) is 5.75 Å². The van der Waals surface area contributed by atoms with Gasteiger partial charge >= 0.3 is 0 Å². The van der Waals surface area contributed by atoms with Crippen molar-refractivity contribution >= 4 is 18.4 Å². The zero-order chi connectivity index (χ0) is 18.0. The normalized spacial score (nSPS) is 12.0. The van der Waals surface area contributed by atoms with Gasteiger partial charge in [-0.25, -0.2) is 5.10 Å². The number of phenolic OH excluding ortho intramolecular Hbond substituents is 1. The third-order valence-corrected chi connectivity index (χ3v) is 4.14. The zero-order valence-electron chi connectivity index (χ0n) is 14.4. The molecule has 0 radical (unpaired) electrons. The number of benzene rings is 2. The maximum absolute atomic E-state index is 9.34. The van der Waals surface area contributed by atoms with Crippen LogP contribution in [0, 0.1) is 4.77 Å². The van der Waals surface area contributed by atoms with Gasteiger partial charge < -0.3 is 5.11 Å². The van der Waals surface area contributed by atoms with E-state index in [1.807, 2.05) is 12.1 Å². The lowest BCUT2D eigenvalue weighted by molar-refractivity contribution is 0.475. The van der Waals surface area contributed by atoms with Crippen LogP contribution in [-0.4, -0.2) is 26.2 Å². The lowest BCUT2D eigenvalue weighted by Gasteiger charge is -2.18. The molecule has 1 aromatic heterocycles. The van der Waals surface area contributed by atoms with E-state index in [-0.39, 0.29) is 11.2 Å². The average molecular weight is 352 g/mol. The summed E-state index contributed by atoms with van der Waals surface area (Å²) >= 11 is 5.29. The number of H-pyrrole nitrogens is 1. The molecule has 5 nitrogen and oxygen atoms in total. The van der Waals surface area contributed by atoms with Gasteiger partial charge in [0.05, 0.1) is 6.21 Å². The first-order chi connectivity index (χ1) is 11.8. The molecular weight excluding hydrogens is 332 g/mol. The van der Waals surface area contributed by atoms with Gasteiger partial charge in [0.2, 0.25) is 4.77 Å². The van der Waals surface area contributed by atoms with Crippen LogP contribution in [0.5, 0.6) is 5.75 Å². The van der Waals surface area contributed by atoms with Crippen molar-refractivity contribution in [1.29, 1.82) is 0 Å². The highest BCUT2D eigenvalue weighted by molar-refractivity contribution is 7.71. The summed E-state index contributed by atoms with van der Waals surface area (Å²) in [5.74, 6) is 0.872. The van der Waals surface area contributed by atoms with E-state index in [4.69, 9.17) is 12.2 Å². The van der Waals surface area contributed by atoms with Crippen LogP contribution in [0.4, 0.5) is 0 Å². The molecule has 128 valence electrons. The summed E-state index contributed by atoms with van der Waals surface area (Å²) in [4.78, 5) is 0. The van der Waals surface area contributed by atoms with Crippen molar-refractivity contribution < 1.29 is 5.11 Å². The van der Waals surface area contributed by atoms with Crippen molar-refractivity contribution in [3.8, 4) is 17.1 Å². The van der Waals surface area contributed by atoms with E-state index >= 15 is 0 Å². The van der Waals surface area contributed by atoms with Crippen molar-refractivity contribution in [3.05, 3.63) is 64.4 Å². The summed E-state index contributed by atoms with van der Waals surface area (Å²) in [6, 6.07) is 15.0. The largest absolute Gasteiger partial charge is 0.508 e. The highest BCUT2D eigenvalue weighted by Crippen LogP contribution is 2.25. The third kappa shape index (κ3) is 3.85. The van der Waals surface area contributed by atoms with Gasteiger partial charge in [-0.05, 0) is 53.0 Å². The molecule has 0 spiro atoms. The van der Waals surface area contributed by atoms with E-state index in [2.05, 4.69) is 48.2 Å². The van der Waals surface area contributed by atoms with Crippen LogP contribution in [0.3, 0.4) is 0 Å². The number of aromatic hydroxyl groups is 1. The van der Waals surface area contributed by atoms with Crippen molar-refractivity contribution in [1.82, 2.24) is 14.9 Å². The predicted octanol–water partition coefficient (Wildman–Crippen LogP) is 4.49. The fourth-order valence-electron chi connectivity index (χ4n) is 2.39. The molecule has 0 saturated carbocycles. The topological polar surface area (TPSA) is 66.2 Å². The number of rotatable bonds is 3. The van der Waals surface area contributed by atoms with E-state index in [9.17, 15) is 5.11 Å². The first kappa shape index (κ1) is 17.1. The standard InChI is InChI=1S/C19H20N4OS/c1-19(2,3)15-8-6-14(7-9-15)17-21-22-18(25)23(17)20-12-13-4-10-16(24)11-5-13/h4-12,24H,1-3H3,(H,22,25)/b20-12-. The minimum Gasteiger partial charge on any atom is -0.508 e. The predicted molar refractivity (Wildman–Crippen MR) is 103 cm³/mol. The smallest absolute Gasteiger partial charge is 0.216 e. The first-order valence-electron chi connectivity index (χ1n) is 7.96. The Bertz CT molecular complexity index is 945. The van der Waals surface area contributed by atoms with Gasteiger partial charge in [-0.15, -0.1) is 0 Å². The molecule has 1 heterocycles. The summed E-state index contributed by atoms with van der Waals surface area (Å²) in [6.45, 7) is 6.54. The van der Waals surface area contributed by atoms with Gasteiger partial charge in [0.15, 0.2) is 5.82 Å². The Morgan fingerprint density at radius 1 is 1.08 bits per heavy atom. The molecular formula is C19H20N4OS. The Hall–Kier alpha value is -2.73. The SMILES string of the molecule is CC(C)(C)c1ccc(-c2n[nH]c(=S)n2/N=C\c2ccc(O)cc2)cc1. The Morgan fingerprint density at radius 2 is 1.72 bits per heavy atom. The highest BCUT2D eigenvalue weighted by Gasteiger charge is 2.14. The van der Waals surface area contributed by atoms with Gasteiger partial charge in [0.25, 0.3) is 0 Å². The Morgan fingerprint density at radius 3 is 2.32 bits per heavy atom. The summed E-state index contributed by atoms with van der Waals surface area (Å²) in [7, 11) is 0. The van der Waals surface area contributed by atoms with Crippen LogP contribution in [0.15, 0.2) is 53.6 Å². The van der Waals surface area contributed by atoms with Crippen molar-refractivity contribution in [2.45, 2.75) is 26.2 Å². The Labute approximate surface area is 151 Å². The van der Waals surface area contributed by atoms with Gasteiger partial charge in [-0.2, -0.15) is 14.9 Å². The molecule has 6 heteroatoms. The third-order valence-electron chi connectivity index (χ3n) is 3.87. The second-order valence-electron chi connectivity index (χ2n) is 6.83. The van der Waals surface area contributed by atoms with Gasteiger partial charge in [0, 0.05) is 5.56 Å². The molecule has 2 N–H and O–H groups in total. The number of hydrogen-bond acceptors (Lipinski definition) is 4. The van der Waals surface area contributed by atoms with Crippen LogP contribution in [-0.2, 0) is 5.41 Å². The molecule has 25 heavy (non-hydrogen) atoms. The minimum absolute atomic E-state index is 0.0975. The summed E-state index contributed by atoms with van der Waals surface area (Å²) in [5, 5.41) is 20.9.